The van der Waals surface area contributed by atoms with Gasteiger partial charge in [0.2, 0.25) is 0 Å². The Labute approximate surface area is 133 Å². The van der Waals surface area contributed by atoms with E-state index in [1.165, 1.54) is 51.6 Å². The number of nitrogens with one attached hydrogen (secondary N) is 1. The van der Waals surface area contributed by atoms with E-state index in [9.17, 15) is 4.79 Å². The number of hydrogen-bond acceptors (Lipinski definition) is 3. The van der Waals surface area contributed by atoms with Crippen LogP contribution in [0.1, 0.15) is 55.4 Å². The number of hydrogen-bond donors (Lipinski definition) is 1. The normalized spacial score (nSPS) is 26.8. The van der Waals surface area contributed by atoms with Crippen LogP contribution in [0, 0.1) is 5.92 Å². The van der Waals surface area contributed by atoms with Gasteiger partial charge in [0.1, 0.15) is 5.69 Å². The Morgan fingerprint density at radius 3 is 2.73 bits per heavy atom. The van der Waals surface area contributed by atoms with Crippen LogP contribution in [0.25, 0.3) is 0 Å². The number of rotatable bonds is 4. The van der Waals surface area contributed by atoms with E-state index in [1.54, 1.807) is 12.5 Å². The second-order valence-corrected chi connectivity index (χ2v) is 6.91. The first-order valence-electron chi connectivity index (χ1n) is 8.73. The van der Waals surface area contributed by atoms with Crippen molar-refractivity contribution >= 4 is 5.91 Å². The minimum Gasteiger partial charge on any atom is -0.348 e. The van der Waals surface area contributed by atoms with E-state index in [0.29, 0.717) is 17.7 Å². The summed E-state index contributed by atoms with van der Waals surface area (Å²) < 4.78 is 1.82. The highest BCUT2D eigenvalue weighted by Crippen LogP contribution is 2.26. The largest absolute Gasteiger partial charge is 0.348 e. The zero-order chi connectivity index (χ0) is 15.4. The lowest BCUT2D eigenvalue weighted by Crippen LogP contribution is -2.47. The van der Waals surface area contributed by atoms with E-state index in [1.807, 2.05) is 11.6 Å². The highest BCUT2D eigenvalue weighted by Gasteiger charge is 2.29. The zero-order valence-corrected chi connectivity index (χ0v) is 13.6. The van der Waals surface area contributed by atoms with Crippen molar-refractivity contribution in [2.75, 3.05) is 19.6 Å². The predicted octanol–water partition coefficient (Wildman–Crippen LogP) is 2.19. The fraction of sp³-hybridized carbons (Fsp3) is 0.765. The molecule has 2 aliphatic rings. The van der Waals surface area contributed by atoms with Crippen molar-refractivity contribution in [1.29, 1.82) is 0 Å². The van der Waals surface area contributed by atoms with Gasteiger partial charge in [-0.05, 0) is 44.7 Å². The molecule has 1 unspecified atom stereocenters. The van der Waals surface area contributed by atoms with Crippen molar-refractivity contribution in [3.05, 3.63) is 18.2 Å². The van der Waals surface area contributed by atoms with E-state index in [-0.39, 0.29) is 5.91 Å². The van der Waals surface area contributed by atoms with Gasteiger partial charge >= 0.3 is 0 Å². The molecule has 1 N–H and O–H groups in total. The van der Waals surface area contributed by atoms with Gasteiger partial charge < -0.3 is 14.8 Å². The lowest BCUT2D eigenvalue weighted by molar-refractivity contribution is 0.0873. The van der Waals surface area contributed by atoms with Gasteiger partial charge in [0, 0.05) is 25.8 Å². The van der Waals surface area contributed by atoms with Gasteiger partial charge in [-0.25, -0.2) is 4.98 Å². The van der Waals surface area contributed by atoms with E-state index in [0.717, 1.165) is 13.0 Å². The molecule has 122 valence electrons. The van der Waals surface area contributed by atoms with Gasteiger partial charge in [-0.2, -0.15) is 0 Å². The summed E-state index contributed by atoms with van der Waals surface area (Å²) in [6, 6.07) is 0.310. The van der Waals surface area contributed by atoms with Crippen LogP contribution in [-0.2, 0) is 7.05 Å². The topological polar surface area (TPSA) is 50.2 Å². The first-order valence-corrected chi connectivity index (χ1v) is 8.73. The van der Waals surface area contributed by atoms with Crippen LogP contribution in [0.5, 0.6) is 0 Å². The lowest BCUT2D eigenvalue weighted by Gasteiger charge is -2.37. The number of imidazole rings is 1. The molecule has 3 rings (SSSR count). The first kappa shape index (κ1) is 15.5. The number of carbonyl (C=O) groups excluding carboxylic acids is 1. The minimum atomic E-state index is -0.0175. The molecule has 0 radical (unpaired) electrons. The van der Waals surface area contributed by atoms with Gasteiger partial charge in [-0.3, -0.25) is 4.79 Å². The summed E-state index contributed by atoms with van der Waals surface area (Å²) in [4.78, 5) is 19.1. The molecular formula is C17H28N4O. The van der Waals surface area contributed by atoms with Crippen molar-refractivity contribution in [3.8, 4) is 0 Å². The molecular weight excluding hydrogens is 276 g/mol. The van der Waals surface area contributed by atoms with Crippen LogP contribution in [0.4, 0.5) is 0 Å². The third-order valence-corrected chi connectivity index (χ3v) is 5.10. The number of aromatic nitrogens is 2. The van der Waals surface area contributed by atoms with E-state index in [4.69, 9.17) is 0 Å². The molecule has 1 saturated heterocycles. The SMILES string of the molecule is Cn1cnc(C(=O)NC2CCCC[C@H]2CN2CCCCC2)c1. The molecule has 0 spiro atoms. The van der Waals surface area contributed by atoms with Crippen LogP contribution >= 0.6 is 0 Å². The van der Waals surface area contributed by atoms with Gasteiger partial charge in [0.25, 0.3) is 5.91 Å². The molecule has 0 bridgehead atoms. The van der Waals surface area contributed by atoms with Crippen LogP contribution < -0.4 is 5.32 Å². The molecule has 2 fully saturated rings. The molecule has 1 amide bonds. The zero-order valence-electron chi connectivity index (χ0n) is 13.6. The van der Waals surface area contributed by atoms with Gasteiger partial charge in [0.15, 0.2) is 0 Å². The molecule has 1 saturated carbocycles. The Balaban J connectivity index is 1.58. The number of likely N-dealkylation sites (tertiary alicyclic amines) is 1. The van der Waals surface area contributed by atoms with Crippen LogP contribution in [0.15, 0.2) is 12.5 Å². The van der Waals surface area contributed by atoms with Crippen molar-refractivity contribution in [2.24, 2.45) is 13.0 Å². The van der Waals surface area contributed by atoms with E-state index >= 15 is 0 Å². The second kappa shape index (κ2) is 7.27. The van der Waals surface area contributed by atoms with Crippen molar-refractivity contribution < 1.29 is 4.79 Å². The number of carbonyl (C=O) groups is 1. The second-order valence-electron chi connectivity index (χ2n) is 6.91. The summed E-state index contributed by atoms with van der Waals surface area (Å²) in [5.41, 5.74) is 0.532. The third-order valence-electron chi connectivity index (χ3n) is 5.10. The predicted molar refractivity (Wildman–Crippen MR) is 86.7 cm³/mol. The summed E-state index contributed by atoms with van der Waals surface area (Å²) in [5.74, 6) is 0.579. The van der Waals surface area contributed by atoms with Crippen molar-refractivity contribution in [3.63, 3.8) is 0 Å². The van der Waals surface area contributed by atoms with Crippen LogP contribution in [0.2, 0.25) is 0 Å². The standard InChI is InChI=1S/C17H28N4O/c1-20-12-16(18-13-20)17(22)19-15-8-4-3-7-14(15)11-21-9-5-2-6-10-21/h12-15H,2-11H2,1H3,(H,19,22)/t14-,15?/m0/s1. The number of nitrogens with zero attached hydrogens (tertiary/aromatic N) is 3. The molecule has 5 nitrogen and oxygen atoms in total. The van der Waals surface area contributed by atoms with Crippen LogP contribution in [0.3, 0.4) is 0 Å². The molecule has 2 heterocycles. The molecule has 1 aliphatic heterocycles. The van der Waals surface area contributed by atoms with Crippen LogP contribution in [-0.4, -0.2) is 46.0 Å². The van der Waals surface area contributed by atoms with Gasteiger partial charge in [-0.1, -0.05) is 19.3 Å². The van der Waals surface area contributed by atoms with Gasteiger partial charge in [-0.15, -0.1) is 0 Å². The highest BCUT2D eigenvalue weighted by atomic mass is 16.2. The fourth-order valence-electron chi connectivity index (χ4n) is 3.86. The average Bonchev–Trinajstić information content (AvgIpc) is 2.97. The van der Waals surface area contributed by atoms with E-state index < -0.39 is 0 Å². The molecule has 1 aromatic rings. The summed E-state index contributed by atoms with van der Waals surface area (Å²) in [6.45, 7) is 3.61. The quantitative estimate of drug-likeness (QED) is 0.928. The molecule has 1 aromatic heterocycles. The number of aryl methyl sites for hydroxylation is 1. The average molecular weight is 304 g/mol. The summed E-state index contributed by atoms with van der Waals surface area (Å²) in [5, 5.41) is 3.25. The highest BCUT2D eigenvalue weighted by molar-refractivity contribution is 5.92. The molecule has 2 atom stereocenters. The first-order chi connectivity index (χ1) is 10.7. The maximum absolute atomic E-state index is 12.4. The molecule has 5 heteroatoms. The Kier molecular flexibility index (Phi) is 5.13. The Morgan fingerprint density at radius 2 is 2.00 bits per heavy atom. The maximum Gasteiger partial charge on any atom is 0.271 e. The summed E-state index contributed by atoms with van der Waals surface area (Å²) >= 11 is 0. The van der Waals surface area contributed by atoms with E-state index in [2.05, 4.69) is 15.2 Å². The number of amides is 1. The molecule has 1 aliphatic carbocycles. The van der Waals surface area contributed by atoms with Crippen molar-refractivity contribution in [2.45, 2.75) is 51.0 Å². The van der Waals surface area contributed by atoms with Gasteiger partial charge in [0.05, 0.1) is 6.33 Å². The Bertz CT molecular complexity index is 493. The third kappa shape index (κ3) is 3.88. The molecule has 22 heavy (non-hydrogen) atoms. The lowest BCUT2D eigenvalue weighted by atomic mass is 9.83. The summed E-state index contributed by atoms with van der Waals surface area (Å²) in [6.07, 6.45) is 12.4. The summed E-state index contributed by atoms with van der Waals surface area (Å²) in [7, 11) is 1.89. The van der Waals surface area contributed by atoms with Crippen molar-refractivity contribution in [1.82, 2.24) is 19.8 Å². The fourth-order valence-corrected chi connectivity index (χ4v) is 3.86. The smallest absolute Gasteiger partial charge is 0.271 e. The minimum absolute atomic E-state index is 0.0175. The number of piperidine rings is 1. The Morgan fingerprint density at radius 1 is 1.23 bits per heavy atom. The molecule has 0 aromatic carbocycles. The Hall–Kier alpha value is -1.36. The maximum atomic E-state index is 12.4. The monoisotopic (exact) mass is 304 g/mol.